The SMILES string of the molecule is Cc1ccc(C(=O)NCC2CNC2)cc1S(=O)(=O)Nc1cccc(Cl)c1. The van der Waals surface area contributed by atoms with E-state index in [2.05, 4.69) is 15.4 Å². The fourth-order valence-electron chi connectivity index (χ4n) is 2.62. The van der Waals surface area contributed by atoms with E-state index in [1.54, 1.807) is 37.3 Å². The molecule has 138 valence electrons. The van der Waals surface area contributed by atoms with Gasteiger partial charge in [-0.3, -0.25) is 9.52 Å². The number of halogens is 1. The van der Waals surface area contributed by atoms with Crippen molar-refractivity contribution in [1.82, 2.24) is 10.6 Å². The molecule has 8 heteroatoms. The molecular weight excluding hydrogens is 374 g/mol. The molecule has 26 heavy (non-hydrogen) atoms. The maximum absolute atomic E-state index is 12.7. The maximum atomic E-state index is 12.7. The van der Waals surface area contributed by atoms with Gasteiger partial charge in [-0.15, -0.1) is 0 Å². The minimum atomic E-state index is -3.84. The van der Waals surface area contributed by atoms with E-state index in [0.29, 0.717) is 34.3 Å². The number of amides is 1. The van der Waals surface area contributed by atoms with Crippen LogP contribution in [0.3, 0.4) is 0 Å². The molecule has 1 aliphatic heterocycles. The molecule has 0 unspecified atom stereocenters. The summed E-state index contributed by atoms with van der Waals surface area (Å²) in [4.78, 5) is 12.4. The van der Waals surface area contributed by atoms with Crippen molar-refractivity contribution in [2.24, 2.45) is 5.92 Å². The summed E-state index contributed by atoms with van der Waals surface area (Å²) in [6.07, 6.45) is 0. The zero-order valence-electron chi connectivity index (χ0n) is 14.3. The Bertz CT molecular complexity index is 927. The summed E-state index contributed by atoms with van der Waals surface area (Å²) < 4.78 is 28.0. The Hall–Kier alpha value is -2.09. The molecule has 6 nitrogen and oxygen atoms in total. The lowest BCUT2D eigenvalue weighted by Crippen LogP contribution is -2.48. The monoisotopic (exact) mass is 393 g/mol. The highest BCUT2D eigenvalue weighted by Gasteiger charge is 2.21. The predicted octanol–water partition coefficient (Wildman–Crippen LogP) is 2.40. The highest BCUT2D eigenvalue weighted by molar-refractivity contribution is 7.92. The smallest absolute Gasteiger partial charge is 0.262 e. The first-order valence-corrected chi connectivity index (χ1v) is 10.1. The van der Waals surface area contributed by atoms with Crippen LogP contribution in [0.5, 0.6) is 0 Å². The van der Waals surface area contributed by atoms with Crippen molar-refractivity contribution in [1.29, 1.82) is 0 Å². The molecule has 1 saturated heterocycles. The van der Waals surface area contributed by atoms with E-state index in [-0.39, 0.29) is 10.8 Å². The summed E-state index contributed by atoms with van der Waals surface area (Å²) in [7, 11) is -3.84. The molecule has 0 spiro atoms. The van der Waals surface area contributed by atoms with Gasteiger partial charge in [0, 0.05) is 36.1 Å². The van der Waals surface area contributed by atoms with Crippen molar-refractivity contribution in [3.63, 3.8) is 0 Å². The highest BCUT2D eigenvalue weighted by atomic mass is 35.5. The van der Waals surface area contributed by atoms with E-state index in [4.69, 9.17) is 11.6 Å². The lowest BCUT2D eigenvalue weighted by atomic mass is 10.0. The van der Waals surface area contributed by atoms with E-state index >= 15 is 0 Å². The van der Waals surface area contributed by atoms with Gasteiger partial charge in [-0.2, -0.15) is 0 Å². The largest absolute Gasteiger partial charge is 0.352 e. The molecule has 3 N–H and O–H groups in total. The normalized spacial score (nSPS) is 14.5. The molecule has 0 radical (unpaired) electrons. The van der Waals surface area contributed by atoms with Crippen molar-refractivity contribution in [3.05, 3.63) is 58.6 Å². The van der Waals surface area contributed by atoms with Crippen LogP contribution >= 0.6 is 11.6 Å². The number of aryl methyl sites for hydroxylation is 1. The molecule has 0 saturated carbocycles. The summed E-state index contributed by atoms with van der Waals surface area (Å²) in [5.74, 6) is 0.146. The summed E-state index contributed by atoms with van der Waals surface area (Å²) in [5.41, 5.74) is 1.23. The van der Waals surface area contributed by atoms with Crippen LogP contribution in [0, 0.1) is 12.8 Å². The second kappa shape index (κ2) is 7.65. The fraction of sp³-hybridized carbons (Fsp3) is 0.278. The topological polar surface area (TPSA) is 87.3 Å². The van der Waals surface area contributed by atoms with Crippen molar-refractivity contribution in [3.8, 4) is 0 Å². The summed E-state index contributed by atoms with van der Waals surface area (Å²) >= 11 is 5.90. The van der Waals surface area contributed by atoms with Crippen LogP contribution < -0.4 is 15.4 Å². The Kier molecular flexibility index (Phi) is 5.50. The summed E-state index contributed by atoms with van der Waals surface area (Å²) in [6, 6.07) is 11.1. The van der Waals surface area contributed by atoms with Crippen molar-refractivity contribution in [2.75, 3.05) is 24.4 Å². The number of hydrogen-bond acceptors (Lipinski definition) is 4. The van der Waals surface area contributed by atoms with Crippen molar-refractivity contribution < 1.29 is 13.2 Å². The van der Waals surface area contributed by atoms with Crippen LogP contribution in [0.15, 0.2) is 47.4 Å². The third-order valence-electron chi connectivity index (χ3n) is 4.23. The number of sulfonamides is 1. The number of carbonyl (C=O) groups excluding carboxylic acids is 1. The Labute approximate surface area is 158 Å². The molecule has 2 aromatic carbocycles. The number of rotatable bonds is 6. The first-order chi connectivity index (χ1) is 12.3. The first kappa shape index (κ1) is 18.7. The third-order valence-corrected chi connectivity index (χ3v) is 5.99. The van der Waals surface area contributed by atoms with Gasteiger partial charge in [-0.1, -0.05) is 23.7 Å². The molecule has 1 amide bonds. The minimum absolute atomic E-state index is 0.0652. The number of carbonyl (C=O) groups is 1. The average Bonchev–Trinajstić information content (AvgIpc) is 2.53. The van der Waals surface area contributed by atoms with Crippen molar-refractivity contribution in [2.45, 2.75) is 11.8 Å². The van der Waals surface area contributed by atoms with E-state index in [9.17, 15) is 13.2 Å². The van der Waals surface area contributed by atoms with E-state index < -0.39 is 10.0 Å². The third kappa shape index (κ3) is 4.35. The Morgan fingerprint density at radius 3 is 2.65 bits per heavy atom. The molecule has 2 aromatic rings. The van der Waals surface area contributed by atoms with Gasteiger partial charge in [0.2, 0.25) is 0 Å². The Balaban J connectivity index is 1.80. The van der Waals surface area contributed by atoms with Crippen LogP contribution in [-0.4, -0.2) is 34.0 Å². The zero-order chi connectivity index (χ0) is 18.7. The highest BCUT2D eigenvalue weighted by Crippen LogP contribution is 2.22. The van der Waals surface area contributed by atoms with Gasteiger partial charge in [-0.25, -0.2) is 8.42 Å². The van der Waals surface area contributed by atoms with Crippen molar-refractivity contribution >= 4 is 33.2 Å². The zero-order valence-corrected chi connectivity index (χ0v) is 15.8. The fourth-order valence-corrected chi connectivity index (χ4v) is 4.14. The molecule has 0 aliphatic carbocycles. The Morgan fingerprint density at radius 2 is 2.00 bits per heavy atom. The minimum Gasteiger partial charge on any atom is -0.352 e. The van der Waals surface area contributed by atoms with Gasteiger partial charge in [0.25, 0.3) is 15.9 Å². The molecule has 0 aromatic heterocycles. The molecule has 1 aliphatic rings. The molecule has 0 atom stereocenters. The van der Waals surface area contributed by atoms with Gasteiger partial charge >= 0.3 is 0 Å². The number of hydrogen-bond donors (Lipinski definition) is 3. The van der Waals surface area contributed by atoms with Gasteiger partial charge in [-0.05, 0) is 42.8 Å². The molecule has 1 heterocycles. The lowest BCUT2D eigenvalue weighted by Gasteiger charge is -2.27. The molecule has 1 fully saturated rings. The van der Waals surface area contributed by atoms with Crippen LogP contribution in [0.4, 0.5) is 5.69 Å². The Morgan fingerprint density at radius 1 is 1.23 bits per heavy atom. The number of nitrogens with one attached hydrogen (secondary N) is 3. The van der Waals surface area contributed by atoms with Gasteiger partial charge in [0.15, 0.2) is 0 Å². The van der Waals surface area contributed by atoms with Crippen LogP contribution in [0.2, 0.25) is 5.02 Å². The molecule has 0 bridgehead atoms. The average molecular weight is 394 g/mol. The van der Waals surface area contributed by atoms with E-state index in [1.165, 1.54) is 12.1 Å². The quantitative estimate of drug-likeness (QED) is 0.703. The molecular formula is C18H20ClN3O3S. The second-order valence-corrected chi connectivity index (χ2v) is 8.42. The predicted molar refractivity (Wildman–Crippen MR) is 102 cm³/mol. The summed E-state index contributed by atoms with van der Waals surface area (Å²) in [5, 5.41) is 6.42. The number of benzene rings is 2. The van der Waals surface area contributed by atoms with Gasteiger partial charge in [0.1, 0.15) is 0 Å². The van der Waals surface area contributed by atoms with Crippen LogP contribution in [-0.2, 0) is 10.0 Å². The van der Waals surface area contributed by atoms with E-state index in [1.807, 2.05) is 0 Å². The van der Waals surface area contributed by atoms with Crippen LogP contribution in [0.1, 0.15) is 15.9 Å². The standard InChI is InChI=1S/C18H20ClN3O3S/c1-12-5-6-14(18(23)21-11-13-9-20-10-13)7-17(12)26(24,25)22-16-4-2-3-15(19)8-16/h2-8,13,20,22H,9-11H2,1H3,(H,21,23). The second-order valence-electron chi connectivity index (χ2n) is 6.33. The first-order valence-electron chi connectivity index (χ1n) is 8.23. The van der Waals surface area contributed by atoms with Gasteiger partial charge < -0.3 is 10.6 Å². The number of anilines is 1. The lowest BCUT2D eigenvalue weighted by molar-refractivity contribution is 0.0942. The van der Waals surface area contributed by atoms with Crippen LogP contribution in [0.25, 0.3) is 0 Å². The molecule has 3 rings (SSSR count). The van der Waals surface area contributed by atoms with E-state index in [0.717, 1.165) is 13.1 Å². The summed E-state index contributed by atoms with van der Waals surface area (Å²) in [6.45, 7) is 4.03. The van der Waals surface area contributed by atoms with Gasteiger partial charge in [0.05, 0.1) is 10.6 Å². The maximum Gasteiger partial charge on any atom is 0.262 e.